The van der Waals surface area contributed by atoms with Crippen molar-refractivity contribution in [3.05, 3.63) is 47.0 Å². The van der Waals surface area contributed by atoms with Crippen LogP contribution in [-0.4, -0.2) is 18.0 Å². The molecule has 0 unspecified atom stereocenters. The van der Waals surface area contributed by atoms with Crippen molar-refractivity contribution in [1.82, 2.24) is 4.98 Å². The first-order chi connectivity index (χ1) is 11.5. The van der Waals surface area contributed by atoms with Crippen molar-refractivity contribution in [3.8, 4) is 11.5 Å². The molecule has 1 aromatic heterocycles. The Morgan fingerprint density at radius 3 is 2.71 bits per heavy atom. The highest BCUT2D eigenvalue weighted by Crippen LogP contribution is 2.27. The second kappa shape index (κ2) is 6.88. The predicted octanol–water partition coefficient (Wildman–Crippen LogP) is 4.15. The number of amides is 1. The van der Waals surface area contributed by atoms with Crippen molar-refractivity contribution in [3.63, 3.8) is 0 Å². The SMILES string of the molecule is COc1ccc2sc(COc3ccc(NC(C)=O)c(C)c3)nc2c1. The number of rotatable bonds is 5. The van der Waals surface area contributed by atoms with E-state index in [1.165, 1.54) is 6.92 Å². The van der Waals surface area contributed by atoms with Crippen LogP contribution in [0.4, 0.5) is 5.69 Å². The lowest BCUT2D eigenvalue weighted by Gasteiger charge is -2.09. The van der Waals surface area contributed by atoms with E-state index in [0.717, 1.165) is 38.0 Å². The van der Waals surface area contributed by atoms with Crippen LogP contribution in [0.25, 0.3) is 10.2 Å². The second-order valence-corrected chi connectivity index (χ2v) is 6.50. The van der Waals surface area contributed by atoms with E-state index >= 15 is 0 Å². The molecular formula is C18H18N2O3S. The smallest absolute Gasteiger partial charge is 0.221 e. The van der Waals surface area contributed by atoms with E-state index in [-0.39, 0.29) is 5.91 Å². The third-order valence-corrected chi connectivity index (χ3v) is 4.52. The fraction of sp³-hybridized carbons (Fsp3) is 0.222. The van der Waals surface area contributed by atoms with Gasteiger partial charge in [-0.2, -0.15) is 0 Å². The lowest BCUT2D eigenvalue weighted by Crippen LogP contribution is -2.07. The average Bonchev–Trinajstić information content (AvgIpc) is 2.96. The van der Waals surface area contributed by atoms with Gasteiger partial charge in [0.25, 0.3) is 0 Å². The van der Waals surface area contributed by atoms with Crippen molar-refractivity contribution in [2.75, 3.05) is 12.4 Å². The molecule has 24 heavy (non-hydrogen) atoms. The van der Waals surface area contributed by atoms with Gasteiger partial charge in [0.15, 0.2) is 0 Å². The summed E-state index contributed by atoms with van der Waals surface area (Å²) in [6, 6.07) is 11.4. The number of methoxy groups -OCH3 is 1. The molecule has 0 aliphatic carbocycles. The zero-order chi connectivity index (χ0) is 17.1. The van der Waals surface area contributed by atoms with Crippen molar-refractivity contribution >= 4 is 33.1 Å². The van der Waals surface area contributed by atoms with Gasteiger partial charge >= 0.3 is 0 Å². The van der Waals surface area contributed by atoms with Crippen LogP contribution in [0.5, 0.6) is 11.5 Å². The zero-order valence-corrected chi connectivity index (χ0v) is 14.6. The van der Waals surface area contributed by atoms with Gasteiger partial charge < -0.3 is 14.8 Å². The van der Waals surface area contributed by atoms with Crippen LogP contribution in [0, 0.1) is 6.92 Å². The van der Waals surface area contributed by atoms with Gasteiger partial charge in [0, 0.05) is 18.7 Å². The summed E-state index contributed by atoms with van der Waals surface area (Å²) in [7, 11) is 1.64. The highest BCUT2D eigenvalue weighted by molar-refractivity contribution is 7.18. The Balaban J connectivity index is 1.71. The molecule has 3 rings (SSSR count). The minimum absolute atomic E-state index is 0.0864. The summed E-state index contributed by atoms with van der Waals surface area (Å²) in [4.78, 5) is 15.7. The maximum Gasteiger partial charge on any atom is 0.221 e. The minimum Gasteiger partial charge on any atom is -0.497 e. The number of carbonyl (C=O) groups excluding carboxylic acids is 1. The molecule has 3 aromatic rings. The van der Waals surface area contributed by atoms with Gasteiger partial charge in [-0.05, 0) is 42.8 Å². The summed E-state index contributed by atoms with van der Waals surface area (Å²) in [5.41, 5.74) is 2.66. The average molecular weight is 342 g/mol. The second-order valence-electron chi connectivity index (χ2n) is 5.39. The lowest BCUT2D eigenvalue weighted by molar-refractivity contribution is -0.114. The maximum absolute atomic E-state index is 11.1. The van der Waals surface area contributed by atoms with E-state index in [2.05, 4.69) is 10.3 Å². The van der Waals surface area contributed by atoms with Gasteiger partial charge in [-0.25, -0.2) is 4.98 Å². The van der Waals surface area contributed by atoms with Crippen LogP contribution in [0.1, 0.15) is 17.5 Å². The molecule has 1 heterocycles. The van der Waals surface area contributed by atoms with E-state index in [1.807, 2.05) is 43.3 Å². The van der Waals surface area contributed by atoms with Gasteiger partial charge in [0.2, 0.25) is 5.91 Å². The first-order valence-electron chi connectivity index (χ1n) is 7.49. The number of ether oxygens (including phenoxy) is 2. The Labute approximate surface area is 144 Å². The molecule has 1 N–H and O–H groups in total. The Bertz CT molecular complexity index is 889. The Morgan fingerprint density at radius 1 is 1.21 bits per heavy atom. The number of nitrogens with zero attached hydrogens (tertiary/aromatic N) is 1. The van der Waals surface area contributed by atoms with Crippen molar-refractivity contribution < 1.29 is 14.3 Å². The third kappa shape index (κ3) is 3.65. The number of thiazole rings is 1. The van der Waals surface area contributed by atoms with E-state index < -0.39 is 0 Å². The number of fused-ring (bicyclic) bond motifs is 1. The van der Waals surface area contributed by atoms with Gasteiger partial charge in [-0.1, -0.05) is 0 Å². The molecule has 1 amide bonds. The van der Waals surface area contributed by atoms with Crippen LogP contribution in [0.3, 0.4) is 0 Å². The molecule has 0 atom stereocenters. The number of hydrogen-bond donors (Lipinski definition) is 1. The zero-order valence-electron chi connectivity index (χ0n) is 13.8. The fourth-order valence-electron chi connectivity index (χ4n) is 2.34. The van der Waals surface area contributed by atoms with E-state index in [1.54, 1.807) is 18.4 Å². The predicted molar refractivity (Wildman–Crippen MR) is 96.0 cm³/mol. The molecule has 0 aliphatic heterocycles. The standard InChI is InChI=1S/C18H18N2O3S/c1-11-8-14(4-6-15(11)19-12(2)21)23-10-18-20-16-9-13(22-3)5-7-17(16)24-18/h4-9H,10H2,1-3H3,(H,19,21). The molecule has 2 aromatic carbocycles. The number of benzene rings is 2. The van der Waals surface area contributed by atoms with Crippen LogP contribution >= 0.6 is 11.3 Å². The summed E-state index contributed by atoms with van der Waals surface area (Å²) < 4.78 is 12.1. The van der Waals surface area contributed by atoms with Gasteiger partial charge in [0.1, 0.15) is 23.1 Å². The quantitative estimate of drug-likeness (QED) is 0.757. The van der Waals surface area contributed by atoms with Gasteiger partial charge in [-0.15, -0.1) is 11.3 Å². The van der Waals surface area contributed by atoms with E-state index in [4.69, 9.17) is 9.47 Å². The number of hydrogen-bond acceptors (Lipinski definition) is 5. The topological polar surface area (TPSA) is 60.5 Å². The highest BCUT2D eigenvalue weighted by atomic mass is 32.1. The van der Waals surface area contributed by atoms with Crippen molar-refractivity contribution in [2.24, 2.45) is 0 Å². The molecule has 0 radical (unpaired) electrons. The Hall–Kier alpha value is -2.60. The summed E-state index contributed by atoms with van der Waals surface area (Å²) in [5.74, 6) is 1.46. The van der Waals surface area contributed by atoms with Gasteiger partial charge in [0.05, 0.1) is 17.3 Å². The Kier molecular flexibility index (Phi) is 4.66. The molecule has 0 saturated heterocycles. The summed E-state index contributed by atoms with van der Waals surface area (Å²) in [6.45, 7) is 3.83. The molecule has 124 valence electrons. The van der Waals surface area contributed by atoms with Crippen molar-refractivity contribution in [2.45, 2.75) is 20.5 Å². The first-order valence-corrected chi connectivity index (χ1v) is 8.31. The molecule has 0 aliphatic rings. The van der Waals surface area contributed by atoms with E-state index in [9.17, 15) is 4.79 Å². The number of nitrogens with one attached hydrogen (secondary N) is 1. The monoisotopic (exact) mass is 342 g/mol. The summed E-state index contributed by atoms with van der Waals surface area (Å²) in [6.07, 6.45) is 0. The highest BCUT2D eigenvalue weighted by Gasteiger charge is 2.07. The maximum atomic E-state index is 11.1. The van der Waals surface area contributed by atoms with Crippen molar-refractivity contribution in [1.29, 1.82) is 0 Å². The van der Waals surface area contributed by atoms with Crippen LogP contribution in [-0.2, 0) is 11.4 Å². The van der Waals surface area contributed by atoms with E-state index in [0.29, 0.717) is 6.61 Å². The molecule has 0 spiro atoms. The molecule has 0 saturated carbocycles. The first kappa shape index (κ1) is 16.3. The minimum atomic E-state index is -0.0864. The largest absolute Gasteiger partial charge is 0.497 e. The van der Waals surface area contributed by atoms with Gasteiger partial charge in [-0.3, -0.25) is 4.79 Å². The van der Waals surface area contributed by atoms with Crippen LogP contribution < -0.4 is 14.8 Å². The number of carbonyl (C=O) groups is 1. The van der Waals surface area contributed by atoms with Crippen LogP contribution in [0.2, 0.25) is 0 Å². The number of anilines is 1. The molecular weight excluding hydrogens is 324 g/mol. The molecule has 0 bridgehead atoms. The molecule has 5 nitrogen and oxygen atoms in total. The van der Waals surface area contributed by atoms with Crippen LogP contribution in [0.15, 0.2) is 36.4 Å². The normalized spacial score (nSPS) is 10.6. The lowest BCUT2D eigenvalue weighted by atomic mass is 10.2. The number of aromatic nitrogens is 1. The summed E-state index contributed by atoms with van der Waals surface area (Å²) >= 11 is 1.60. The Morgan fingerprint density at radius 2 is 2.00 bits per heavy atom. The number of aryl methyl sites for hydroxylation is 1. The molecule has 6 heteroatoms. The molecule has 0 fully saturated rings. The summed E-state index contributed by atoms with van der Waals surface area (Å²) in [5, 5.41) is 3.69. The fourth-order valence-corrected chi connectivity index (χ4v) is 3.21. The third-order valence-electron chi connectivity index (χ3n) is 3.51.